The molecule has 136 valence electrons. The second-order valence-electron chi connectivity index (χ2n) is 5.72. The fourth-order valence-corrected chi connectivity index (χ4v) is 2.47. The number of para-hydroxylation sites is 2. The Bertz CT molecular complexity index is 819. The summed E-state index contributed by atoms with van der Waals surface area (Å²) >= 11 is 0. The molecule has 2 aromatic carbocycles. The molecule has 3 rings (SSSR count). The van der Waals surface area contributed by atoms with E-state index in [4.69, 9.17) is 18.9 Å². The topological polar surface area (TPSA) is 83.1 Å². The summed E-state index contributed by atoms with van der Waals surface area (Å²) in [5.74, 6) is 0.427. The first-order valence-corrected chi connectivity index (χ1v) is 8.06. The standard InChI is InChI=1S/C19H19NO6/c1-12-7-8-14(23-2)13(9-12)20-18(21)11-25-19(22)17-10-24-15-5-3-4-6-16(15)26-17/h3-9,17H,10-11H2,1-2H3,(H,20,21). The molecule has 1 heterocycles. The third-order valence-electron chi connectivity index (χ3n) is 3.75. The highest BCUT2D eigenvalue weighted by Gasteiger charge is 2.29. The van der Waals surface area contributed by atoms with Crippen LogP contribution in [0.3, 0.4) is 0 Å². The number of hydrogen-bond acceptors (Lipinski definition) is 6. The number of carbonyl (C=O) groups excluding carboxylic acids is 2. The minimum atomic E-state index is -0.911. The van der Waals surface area contributed by atoms with Crippen LogP contribution in [0.5, 0.6) is 17.2 Å². The Balaban J connectivity index is 1.54. The molecule has 7 nitrogen and oxygen atoms in total. The molecule has 0 aromatic heterocycles. The Labute approximate surface area is 150 Å². The van der Waals surface area contributed by atoms with Crippen molar-refractivity contribution in [3.05, 3.63) is 48.0 Å². The molecule has 0 saturated heterocycles. The van der Waals surface area contributed by atoms with E-state index in [1.165, 1.54) is 7.11 Å². The fraction of sp³-hybridized carbons (Fsp3) is 0.263. The maximum atomic E-state index is 12.1. The second kappa shape index (κ2) is 7.77. The summed E-state index contributed by atoms with van der Waals surface area (Å²) in [6, 6.07) is 12.4. The highest BCUT2D eigenvalue weighted by molar-refractivity contribution is 5.94. The van der Waals surface area contributed by atoms with Crippen LogP contribution in [0.2, 0.25) is 0 Å². The van der Waals surface area contributed by atoms with E-state index in [0.717, 1.165) is 5.56 Å². The Kier molecular flexibility index (Phi) is 5.26. The van der Waals surface area contributed by atoms with Crippen molar-refractivity contribution >= 4 is 17.6 Å². The van der Waals surface area contributed by atoms with E-state index >= 15 is 0 Å². The zero-order chi connectivity index (χ0) is 18.5. The van der Waals surface area contributed by atoms with Crippen LogP contribution < -0.4 is 19.5 Å². The largest absolute Gasteiger partial charge is 0.495 e. The molecular formula is C19H19NO6. The van der Waals surface area contributed by atoms with Gasteiger partial charge in [-0.2, -0.15) is 0 Å². The van der Waals surface area contributed by atoms with Crippen molar-refractivity contribution in [2.75, 3.05) is 25.6 Å². The van der Waals surface area contributed by atoms with Gasteiger partial charge in [0.2, 0.25) is 6.10 Å². The smallest absolute Gasteiger partial charge is 0.351 e. The molecule has 1 aliphatic rings. The summed E-state index contributed by atoms with van der Waals surface area (Å²) in [5, 5.41) is 2.66. The summed E-state index contributed by atoms with van der Waals surface area (Å²) in [4.78, 5) is 24.2. The molecule has 0 aliphatic carbocycles. The maximum absolute atomic E-state index is 12.1. The number of rotatable bonds is 5. The van der Waals surface area contributed by atoms with Gasteiger partial charge in [-0.3, -0.25) is 4.79 Å². The van der Waals surface area contributed by atoms with Gasteiger partial charge in [-0.25, -0.2) is 4.79 Å². The number of fused-ring (bicyclic) bond motifs is 1. The number of ether oxygens (including phenoxy) is 4. The average molecular weight is 357 g/mol. The lowest BCUT2D eigenvalue weighted by Gasteiger charge is -2.24. The number of anilines is 1. The average Bonchev–Trinajstić information content (AvgIpc) is 2.66. The van der Waals surface area contributed by atoms with Crippen LogP contribution in [0.15, 0.2) is 42.5 Å². The van der Waals surface area contributed by atoms with Gasteiger partial charge in [0, 0.05) is 0 Å². The molecule has 1 atom stereocenters. The number of hydrogen-bond donors (Lipinski definition) is 1. The van der Waals surface area contributed by atoms with Crippen molar-refractivity contribution in [1.82, 2.24) is 0 Å². The van der Waals surface area contributed by atoms with Crippen molar-refractivity contribution < 1.29 is 28.5 Å². The molecule has 0 bridgehead atoms. The van der Waals surface area contributed by atoms with Gasteiger partial charge in [0.1, 0.15) is 12.4 Å². The number of carbonyl (C=O) groups is 2. The lowest BCUT2D eigenvalue weighted by Crippen LogP contribution is -2.39. The lowest BCUT2D eigenvalue weighted by molar-refractivity contribution is -0.156. The van der Waals surface area contributed by atoms with Gasteiger partial charge in [0.05, 0.1) is 12.8 Å². The minimum absolute atomic E-state index is 0.0309. The molecule has 0 spiro atoms. The van der Waals surface area contributed by atoms with E-state index in [1.807, 2.05) is 19.1 Å². The normalized spacial score (nSPS) is 15.1. The summed E-state index contributed by atoms with van der Waals surface area (Å²) in [6.07, 6.45) is -0.911. The molecule has 26 heavy (non-hydrogen) atoms. The highest BCUT2D eigenvalue weighted by atomic mass is 16.6. The molecule has 7 heteroatoms. The lowest BCUT2D eigenvalue weighted by atomic mass is 10.2. The van der Waals surface area contributed by atoms with Crippen LogP contribution >= 0.6 is 0 Å². The number of nitrogens with one attached hydrogen (secondary N) is 1. The molecule has 0 fully saturated rings. The minimum Gasteiger partial charge on any atom is -0.495 e. The molecule has 1 aliphatic heterocycles. The molecule has 0 radical (unpaired) electrons. The number of amides is 1. The van der Waals surface area contributed by atoms with E-state index < -0.39 is 24.6 Å². The number of esters is 1. The quantitative estimate of drug-likeness (QED) is 0.827. The molecular weight excluding hydrogens is 338 g/mol. The Morgan fingerprint density at radius 2 is 1.96 bits per heavy atom. The van der Waals surface area contributed by atoms with Crippen LogP contribution in [0, 0.1) is 6.92 Å². The maximum Gasteiger partial charge on any atom is 0.351 e. The van der Waals surface area contributed by atoms with Gasteiger partial charge in [-0.1, -0.05) is 18.2 Å². The van der Waals surface area contributed by atoms with Gasteiger partial charge < -0.3 is 24.3 Å². The van der Waals surface area contributed by atoms with Gasteiger partial charge in [0.15, 0.2) is 18.1 Å². The van der Waals surface area contributed by atoms with Crippen molar-refractivity contribution in [1.29, 1.82) is 0 Å². The van der Waals surface area contributed by atoms with Crippen molar-refractivity contribution in [3.8, 4) is 17.2 Å². The van der Waals surface area contributed by atoms with Crippen LogP contribution in [0.4, 0.5) is 5.69 Å². The van der Waals surface area contributed by atoms with Crippen molar-refractivity contribution in [2.24, 2.45) is 0 Å². The van der Waals surface area contributed by atoms with Gasteiger partial charge in [0.25, 0.3) is 5.91 Å². The van der Waals surface area contributed by atoms with Crippen molar-refractivity contribution in [3.63, 3.8) is 0 Å². The van der Waals surface area contributed by atoms with E-state index in [2.05, 4.69) is 5.32 Å². The highest BCUT2D eigenvalue weighted by Crippen LogP contribution is 2.31. The first kappa shape index (κ1) is 17.6. The number of benzene rings is 2. The molecule has 1 N–H and O–H groups in total. The first-order chi connectivity index (χ1) is 12.6. The predicted octanol–water partition coefficient (Wildman–Crippen LogP) is 2.33. The van der Waals surface area contributed by atoms with E-state index in [0.29, 0.717) is 22.9 Å². The third-order valence-corrected chi connectivity index (χ3v) is 3.75. The number of methoxy groups -OCH3 is 1. The van der Waals surface area contributed by atoms with E-state index in [-0.39, 0.29) is 6.61 Å². The fourth-order valence-electron chi connectivity index (χ4n) is 2.47. The zero-order valence-electron chi connectivity index (χ0n) is 14.5. The molecule has 1 amide bonds. The Morgan fingerprint density at radius 1 is 1.19 bits per heavy atom. The SMILES string of the molecule is COc1ccc(C)cc1NC(=O)COC(=O)C1COc2ccccc2O1. The monoisotopic (exact) mass is 357 g/mol. The van der Waals surface area contributed by atoms with Gasteiger partial charge in [-0.05, 0) is 36.8 Å². The van der Waals surface area contributed by atoms with Crippen LogP contribution in [-0.4, -0.2) is 38.3 Å². The first-order valence-electron chi connectivity index (χ1n) is 8.06. The second-order valence-corrected chi connectivity index (χ2v) is 5.72. The summed E-state index contributed by atoms with van der Waals surface area (Å²) in [6.45, 7) is 1.49. The number of aryl methyl sites for hydroxylation is 1. The third kappa shape index (κ3) is 4.05. The molecule has 1 unspecified atom stereocenters. The Hall–Kier alpha value is -3.22. The van der Waals surface area contributed by atoms with E-state index in [9.17, 15) is 9.59 Å². The summed E-state index contributed by atoms with van der Waals surface area (Å²) in [5.41, 5.74) is 1.48. The van der Waals surface area contributed by atoms with Gasteiger partial charge >= 0.3 is 5.97 Å². The molecule has 0 saturated carbocycles. The summed E-state index contributed by atoms with van der Waals surface area (Å²) < 4.78 is 21.2. The van der Waals surface area contributed by atoms with Crippen molar-refractivity contribution in [2.45, 2.75) is 13.0 Å². The van der Waals surface area contributed by atoms with Crippen LogP contribution in [0.1, 0.15) is 5.56 Å². The van der Waals surface area contributed by atoms with Crippen LogP contribution in [-0.2, 0) is 14.3 Å². The van der Waals surface area contributed by atoms with Crippen LogP contribution in [0.25, 0.3) is 0 Å². The molecule has 2 aromatic rings. The predicted molar refractivity (Wildman–Crippen MR) is 93.7 cm³/mol. The zero-order valence-corrected chi connectivity index (χ0v) is 14.5. The summed E-state index contributed by atoms with van der Waals surface area (Å²) in [7, 11) is 1.51. The Morgan fingerprint density at radius 3 is 2.73 bits per heavy atom. The van der Waals surface area contributed by atoms with Gasteiger partial charge in [-0.15, -0.1) is 0 Å². The van der Waals surface area contributed by atoms with E-state index in [1.54, 1.807) is 30.3 Å².